The number of aliphatic hydroxyl groups excluding tert-OH is 1. The van der Waals surface area contributed by atoms with E-state index in [4.69, 9.17) is 5.11 Å². The fourth-order valence-corrected chi connectivity index (χ4v) is 1.36. The fraction of sp³-hybridized carbons (Fsp3) is 0.500. The minimum absolute atomic E-state index is 0.200. The van der Waals surface area contributed by atoms with Crippen LogP contribution >= 0.6 is 0 Å². The molecule has 1 aliphatic rings. The standard InChI is InChI=1S/C12H14N2O/c15-7-3-1-2-4-11-8-12(10-5-6-10)14-9-13-11/h8-10,15H,1,3,5-7H2. The highest BCUT2D eigenvalue weighted by Gasteiger charge is 2.24. The Hall–Kier alpha value is -1.40. The molecule has 0 saturated heterocycles. The molecule has 1 saturated carbocycles. The number of hydrogen-bond donors (Lipinski definition) is 1. The number of aliphatic hydroxyl groups is 1. The van der Waals surface area contributed by atoms with Gasteiger partial charge in [0, 0.05) is 24.6 Å². The molecule has 0 aliphatic heterocycles. The van der Waals surface area contributed by atoms with Gasteiger partial charge in [0.15, 0.2) is 0 Å². The zero-order valence-electron chi connectivity index (χ0n) is 8.61. The second-order valence-electron chi connectivity index (χ2n) is 3.73. The Morgan fingerprint density at radius 3 is 3.00 bits per heavy atom. The van der Waals surface area contributed by atoms with Gasteiger partial charge in [-0.3, -0.25) is 0 Å². The van der Waals surface area contributed by atoms with Gasteiger partial charge >= 0.3 is 0 Å². The molecule has 1 heterocycles. The molecule has 1 aliphatic carbocycles. The van der Waals surface area contributed by atoms with Gasteiger partial charge in [-0.15, -0.1) is 0 Å². The van der Waals surface area contributed by atoms with Crippen molar-refractivity contribution in [1.82, 2.24) is 9.97 Å². The van der Waals surface area contributed by atoms with Crippen LogP contribution in [-0.4, -0.2) is 21.7 Å². The largest absolute Gasteiger partial charge is 0.396 e. The number of unbranched alkanes of at least 4 members (excludes halogenated alkanes) is 1. The quantitative estimate of drug-likeness (QED) is 0.596. The molecule has 2 rings (SSSR count). The molecule has 0 bridgehead atoms. The summed E-state index contributed by atoms with van der Waals surface area (Å²) in [6.07, 6.45) is 5.53. The molecule has 0 unspecified atom stereocenters. The van der Waals surface area contributed by atoms with E-state index >= 15 is 0 Å². The molecule has 0 radical (unpaired) electrons. The highest BCUT2D eigenvalue weighted by atomic mass is 16.2. The van der Waals surface area contributed by atoms with Crippen LogP contribution < -0.4 is 0 Å². The van der Waals surface area contributed by atoms with Crippen LogP contribution in [0.1, 0.15) is 43.0 Å². The normalized spacial score (nSPS) is 14.5. The molecule has 1 fully saturated rings. The van der Waals surface area contributed by atoms with Gasteiger partial charge in [0.1, 0.15) is 12.0 Å². The van der Waals surface area contributed by atoms with Crippen LogP contribution in [0.4, 0.5) is 0 Å². The third kappa shape index (κ3) is 3.03. The van der Waals surface area contributed by atoms with Crippen LogP contribution in [0.25, 0.3) is 0 Å². The SMILES string of the molecule is OCCCC#Cc1cc(C2CC2)ncn1. The van der Waals surface area contributed by atoms with E-state index < -0.39 is 0 Å². The van der Waals surface area contributed by atoms with Gasteiger partial charge in [-0.2, -0.15) is 0 Å². The van der Waals surface area contributed by atoms with Gasteiger partial charge in [-0.05, 0) is 31.2 Å². The van der Waals surface area contributed by atoms with E-state index in [1.165, 1.54) is 12.8 Å². The molecular formula is C12H14N2O. The molecule has 1 N–H and O–H groups in total. The zero-order chi connectivity index (χ0) is 10.5. The van der Waals surface area contributed by atoms with Crippen LogP contribution in [0.3, 0.4) is 0 Å². The van der Waals surface area contributed by atoms with E-state index in [0.717, 1.165) is 24.2 Å². The Bertz CT molecular complexity index is 388. The summed E-state index contributed by atoms with van der Waals surface area (Å²) < 4.78 is 0. The van der Waals surface area contributed by atoms with Crippen LogP contribution in [0, 0.1) is 11.8 Å². The van der Waals surface area contributed by atoms with E-state index in [1.807, 2.05) is 6.07 Å². The lowest BCUT2D eigenvalue weighted by Crippen LogP contribution is -1.90. The average molecular weight is 202 g/mol. The van der Waals surface area contributed by atoms with Gasteiger partial charge in [-0.1, -0.05) is 5.92 Å². The first-order valence-corrected chi connectivity index (χ1v) is 5.32. The molecule has 1 aromatic heterocycles. The second kappa shape index (κ2) is 4.90. The summed E-state index contributed by atoms with van der Waals surface area (Å²) in [5.41, 5.74) is 1.92. The lowest BCUT2D eigenvalue weighted by Gasteiger charge is -1.95. The predicted molar refractivity (Wildman–Crippen MR) is 57.2 cm³/mol. The average Bonchev–Trinajstić information content (AvgIpc) is 3.09. The number of rotatable bonds is 3. The summed E-state index contributed by atoms with van der Waals surface area (Å²) in [6, 6.07) is 1.98. The first-order chi connectivity index (χ1) is 7.40. The van der Waals surface area contributed by atoms with Gasteiger partial charge in [0.2, 0.25) is 0 Å². The molecular weight excluding hydrogens is 188 g/mol. The highest BCUT2D eigenvalue weighted by Crippen LogP contribution is 2.38. The topological polar surface area (TPSA) is 46.0 Å². The highest BCUT2D eigenvalue weighted by molar-refractivity contribution is 5.30. The first kappa shape index (κ1) is 10.1. The Balaban J connectivity index is 2.00. The summed E-state index contributed by atoms with van der Waals surface area (Å²) in [5, 5.41) is 8.60. The zero-order valence-corrected chi connectivity index (χ0v) is 8.61. The van der Waals surface area contributed by atoms with Crippen molar-refractivity contribution in [1.29, 1.82) is 0 Å². The minimum atomic E-state index is 0.200. The number of hydrogen-bond acceptors (Lipinski definition) is 3. The summed E-state index contributed by atoms with van der Waals surface area (Å²) >= 11 is 0. The molecule has 1 aromatic rings. The summed E-state index contributed by atoms with van der Waals surface area (Å²) in [7, 11) is 0. The van der Waals surface area contributed by atoms with Crippen molar-refractivity contribution in [3.05, 3.63) is 23.8 Å². The Morgan fingerprint density at radius 1 is 1.40 bits per heavy atom. The van der Waals surface area contributed by atoms with Crippen LogP contribution in [0.15, 0.2) is 12.4 Å². The van der Waals surface area contributed by atoms with E-state index in [-0.39, 0.29) is 6.61 Å². The maximum absolute atomic E-state index is 8.60. The second-order valence-corrected chi connectivity index (χ2v) is 3.73. The molecule has 0 aromatic carbocycles. The van der Waals surface area contributed by atoms with Crippen molar-refractivity contribution in [2.24, 2.45) is 0 Å². The van der Waals surface area contributed by atoms with Crippen molar-refractivity contribution < 1.29 is 5.11 Å². The minimum Gasteiger partial charge on any atom is -0.396 e. The first-order valence-electron chi connectivity index (χ1n) is 5.32. The third-order valence-electron chi connectivity index (χ3n) is 2.36. The maximum atomic E-state index is 8.60. The van der Waals surface area contributed by atoms with Crippen molar-refractivity contribution in [2.75, 3.05) is 6.61 Å². The molecule has 0 amide bonds. The third-order valence-corrected chi connectivity index (χ3v) is 2.36. The number of nitrogens with zero attached hydrogens (tertiary/aromatic N) is 2. The van der Waals surface area contributed by atoms with Crippen molar-refractivity contribution in [3.63, 3.8) is 0 Å². The van der Waals surface area contributed by atoms with E-state index in [2.05, 4.69) is 21.8 Å². The van der Waals surface area contributed by atoms with Gasteiger partial charge < -0.3 is 5.11 Å². The Kier molecular flexibility index (Phi) is 3.31. The van der Waals surface area contributed by atoms with Crippen LogP contribution in [0.5, 0.6) is 0 Å². The van der Waals surface area contributed by atoms with Gasteiger partial charge in [-0.25, -0.2) is 9.97 Å². The monoisotopic (exact) mass is 202 g/mol. The maximum Gasteiger partial charge on any atom is 0.117 e. The van der Waals surface area contributed by atoms with Crippen LogP contribution in [-0.2, 0) is 0 Å². The number of aromatic nitrogens is 2. The lowest BCUT2D eigenvalue weighted by molar-refractivity contribution is 0.290. The Labute approximate surface area is 89.6 Å². The molecule has 78 valence electrons. The Morgan fingerprint density at radius 2 is 2.27 bits per heavy atom. The summed E-state index contributed by atoms with van der Waals surface area (Å²) in [6.45, 7) is 0.200. The molecule has 3 heteroatoms. The van der Waals surface area contributed by atoms with Crippen molar-refractivity contribution in [2.45, 2.75) is 31.6 Å². The fourth-order valence-electron chi connectivity index (χ4n) is 1.36. The van der Waals surface area contributed by atoms with Crippen molar-refractivity contribution in [3.8, 4) is 11.8 Å². The van der Waals surface area contributed by atoms with E-state index in [9.17, 15) is 0 Å². The van der Waals surface area contributed by atoms with Gasteiger partial charge in [0.05, 0.1) is 0 Å². The van der Waals surface area contributed by atoms with Crippen LogP contribution in [0.2, 0.25) is 0 Å². The van der Waals surface area contributed by atoms with Crippen molar-refractivity contribution >= 4 is 0 Å². The van der Waals surface area contributed by atoms with E-state index in [1.54, 1.807) is 6.33 Å². The molecule has 3 nitrogen and oxygen atoms in total. The molecule has 0 atom stereocenters. The predicted octanol–water partition coefficient (Wildman–Crippen LogP) is 1.48. The molecule has 15 heavy (non-hydrogen) atoms. The van der Waals surface area contributed by atoms with E-state index in [0.29, 0.717) is 5.92 Å². The smallest absolute Gasteiger partial charge is 0.117 e. The summed E-state index contributed by atoms with van der Waals surface area (Å²) in [4.78, 5) is 8.33. The molecule has 0 spiro atoms. The summed E-state index contributed by atoms with van der Waals surface area (Å²) in [5.74, 6) is 6.62. The lowest BCUT2D eigenvalue weighted by atomic mass is 10.2. The van der Waals surface area contributed by atoms with Gasteiger partial charge in [0.25, 0.3) is 0 Å².